The maximum absolute atomic E-state index is 11.8. The molecule has 20 heavy (non-hydrogen) atoms. The molecule has 0 amide bonds. The summed E-state index contributed by atoms with van der Waals surface area (Å²) in [6.07, 6.45) is 1.74. The third kappa shape index (κ3) is 2.96. The minimum atomic E-state index is -0.326. The predicted octanol–water partition coefficient (Wildman–Crippen LogP) is 3.56. The van der Waals surface area contributed by atoms with E-state index < -0.39 is 0 Å². The number of aromatic nitrogens is 1. The molecule has 0 atom stereocenters. The second-order valence-electron chi connectivity index (χ2n) is 4.48. The summed E-state index contributed by atoms with van der Waals surface area (Å²) in [5, 5.41) is 0. The van der Waals surface area contributed by atoms with Crippen molar-refractivity contribution in [1.82, 2.24) is 4.98 Å². The summed E-state index contributed by atoms with van der Waals surface area (Å²) < 4.78 is 5.03. The third-order valence-electron chi connectivity index (χ3n) is 3.18. The zero-order valence-electron chi connectivity index (χ0n) is 11.9. The monoisotopic (exact) mass is 270 g/mol. The fraction of sp³-hybridized carbons (Fsp3) is 0.250. The number of nitrogens with zero attached hydrogens (tertiary/aromatic N) is 1. The first kappa shape index (κ1) is 14.1. The van der Waals surface area contributed by atoms with Gasteiger partial charge < -0.3 is 9.72 Å². The van der Waals surface area contributed by atoms with Crippen LogP contribution in [0.5, 0.6) is 0 Å². The summed E-state index contributed by atoms with van der Waals surface area (Å²) in [5.41, 5.74) is 4.11. The molecule has 1 N–H and O–H groups in total. The van der Waals surface area contributed by atoms with Gasteiger partial charge >= 0.3 is 5.97 Å². The van der Waals surface area contributed by atoms with Gasteiger partial charge in [-0.2, -0.15) is 0 Å². The highest BCUT2D eigenvalue weighted by Gasteiger charge is 2.16. The molecule has 0 spiro atoms. The van der Waals surface area contributed by atoms with E-state index >= 15 is 0 Å². The fourth-order valence-electron chi connectivity index (χ4n) is 1.90. The maximum Gasteiger partial charge on any atom is 0.355 e. The summed E-state index contributed by atoms with van der Waals surface area (Å²) in [4.78, 5) is 19.3. The average Bonchev–Trinajstić information content (AvgIpc) is 2.74. The van der Waals surface area contributed by atoms with Gasteiger partial charge in [0.2, 0.25) is 0 Å². The standard InChI is InChI=1S/C16H18N2O2/c1-4-20-16(19)15-12(3)11(2)14(18-15)10-17-13-8-6-5-7-9-13/h5-10,18H,4H2,1-3H3. The van der Waals surface area contributed by atoms with Gasteiger partial charge in [0.25, 0.3) is 0 Å². The van der Waals surface area contributed by atoms with E-state index in [-0.39, 0.29) is 5.97 Å². The van der Waals surface area contributed by atoms with Crippen LogP contribution in [0.2, 0.25) is 0 Å². The molecule has 0 saturated heterocycles. The second-order valence-corrected chi connectivity index (χ2v) is 4.48. The SMILES string of the molecule is CCOC(=O)c1[nH]c(C=Nc2ccccc2)c(C)c1C. The van der Waals surface area contributed by atoms with Gasteiger partial charge in [0.15, 0.2) is 0 Å². The summed E-state index contributed by atoms with van der Waals surface area (Å²) in [6.45, 7) is 6.02. The van der Waals surface area contributed by atoms with Crippen LogP contribution in [0.3, 0.4) is 0 Å². The van der Waals surface area contributed by atoms with Crippen molar-refractivity contribution in [2.75, 3.05) is 6.61 Å². The minimum absolute atomic E-state index is 0.326. The first-order valence-corrected chi connectivity index (χ1v) is 6.59. The van der Waals surface area contributed by atoms with E-state index in [0.717, 1.165) is 22.5 Å². The third-order valence-corrected chi connectivity index (χ3v) is 3.18. The molecule has 0 aliphatic heterocycles. The summed E-state index contributed by atoms with van der Waals surface area (Å²) in [5.74, 6) is -0.326. The van der Waals surface area contributed by atoms with Crippen LogP contribution in [0.15, 0.2) is 35.3 Å². The number of hydrogen-bond donors (Lipinski definition) is 1. The van der Waals surface area contributed by atoms with Crippen molar-refractivity contribution in [3.05, 3.63) is 52.8 Å². The molecule has 0 bridgehead atoms. The number of carbonyl (C=O) groups excluding carboxylic acids is 1. The number of aliphatic imine (C=N–C) groups is 1. The van der Waals surface area contributed by atoms with E-state index in [1.807, 2.05) is 44.2 Å². The van der Waals surface area contributed by atoms with Crippen LogP contribution in [0.25, 0.3) is 0 Å². The van der Waals surface area contributed by atoms with Gasteiger partial charge in [0, 0.05) is 0 Å². The lowest BCUT2D eigenvalue weighted by Gasteiger charge is -1.99. The Hall–Kier alpha value is -2.36. The number of ether oxygens (including phenoxy) is 1. The Balaban J connectivity index is 2.27. The number of nitrogens with one attached hydrogen (secondary N) is 1. The predicted molar refractivity (Wildman–Crippen MR) is 79.9 cm³/mol. The molecule has 0 radical (unpaired) electrons. The molecule has 1 aromatic heterocycles. The average molecular weight is 270 g/mol. The van der Waals surface area contributed by atoms with Crippen molar-refractivity contribution in [2.45, 2.75) is 20.8 Å². The van der Waals surface area contributed by atoms with E-state index in [1.165, 1.54) is 0 Å². The van der Waals surface area contributed by atoms with Crippen LogP contribution >= 0.6 is 0 Å². The van der Waals surface area contributed by atoms with Crippen molar-refractivity contribution >= 4 is 17.9 Å². The van der Waals surface area contributed by atoms with Crippen molar-refractivity contribution in [3.8, 4) is 0 Å². The lowest BCUT2D eigenvalue weighted by molar-refractivity contribution is 0.0519. The molecule has 1 aromatic carbocycles. The zero-order chi connectivity index (χ0) is 14.5. The molecule has 2 rings (SSSR count). The number of hydrogen-bond acceptors (Lipinski definition) is 3. The molecule has 4 heteroatoms. The van der Waals surface area contributed by atoms with E-state index in [0.29, 0.717) is 12.3 Å². The summed E-state index contributed by atoms with van der Waals surface area (Å²) in [7, 11) is 0. The molecule has 4 nitrogen and oxygen atoms in total. The Kier molecular flexibility index (Phi) is 4.35. The van der Waals surface area contributed by atoms with E-state index in [4.69, 9.17) is 4.74 Å². The maximum atomic E-state index is 11.8. The largest absolute Gasteiger partial charge is 0.461 e. The Morgan fingerprint density at radius 3 is 2.60 bits per heavy atom. The Morgan fingerprint density at radius 2 is 1.95 bits per heavy atom. The number of benzene rings is 1. The van der Waals surface area contributed by atoms with Gasteiger partial charge in [-0.1, -0.05) is 18.2 Å². The lowest BCUT2D eigenvalue weighted by Crippen LogP contribution is -2.06. The normalized spacial score (nSPS) is 10.9. The number of rotatable bonds is 4. The summed E-state index contributed by atoms with van der Waals surface area (Å²) >= 11 is 0. The van der Waals surface area contributed by atoms with Gasteiger partial charge in [-0.25, -0.2) is 4.79 Å². The van der Waals surface area contributed by atoms with Crippen LogP contribution in [0, 0.1) is 13.8 Å². The molecular formula is C16H18N2O2. The van der Waals surface area contributed by atoms with Crippen LogP contribution in [-0.2, 0) is 4.74 Å². The van der Waals surface area contributed by atoms with E-state index in [2.05, 4.69) is 9.98 Å². The van der Waals surface area contributed by atoms with Gasteiger partial charge in [0.1, 0.15) is 5.69 Å². The molecule has 104 valence electrons. The first-order valence-electron chi connectivity index (χ1n) is 6.59. The molecule has 0 saturated carbocycles. The van der Waals surface area contributed by atoms with Crippen molar-refractivity contribution in [2.24, 2.45) is 4.99 Å². The number of carbonyl (C=O) groups is 1. The Labute approximate surface area is 118 Å². The van der Waals surface area contributed by atoms with Gasteiger partial charge in [-0.3, -0.25) is 4.99 Å². The van der Waals surface area contributed by atoms with Crippen molar-refractivity contribution in [3.63, 3.8) is 0 Å². The van der Waals surface area contributed by atoms with Crippen LogP contribution < -0.4 is 0 Å². The smallest absolute Gasteiger partial charge is 0.355 e. The highest BCUT2D eigenvalue weighted by molar-refractivity contribution is 5.93. The van der Waals surface area contributed by atoms with Crippen LogP contribution in [0.4, 0.5) is 5.69 Å². The molecule has 0 aliphatic carbocycles. The molecule has 1 heterocycles. The van der Waals surface area contributed by atoms with Crippen molar-refractivity contribution < 1.29 is 9.53 Å². The molecule has 0 unspecified atom stereocenters. The number of para-hydroxylation sites is 1. The number of esters is 1. The molecule has 0 aliphatic rings. The van der Waals surface area contributed by atoms with E-state index in [1.54, 1.807) is 13.1 Å². The minimum Gasteiger partial charge on any atom is -0.461 e. The summed E-state index contributed by atoms with van der Waals surface area (Å²) in [6, 6.07) is 9.66. The number of aromatic amines is 1. The fourth-order valence-corrected chi connectivity index (χ4v) is 1.90. The Morgan fingerprint density at radius 1 is 1.25 bits per heavy atom. The first-order chi connectivity index (χ1) is 9.63. The van der Waals surface area contributed by atoms with Gasteiger partial charge in [-0.15, -0.1) is 0 Å². The van der Waals surface area contributed by atoms with Gasteiger partial charge in [0.05, 0.1) is 24.2 Å². The van der Waals surface area contributed by atoms with Crippen molar-refractivity contribution in [1.29, 1.82) is 0 Å². The van der Waals surface area contributed by atoms with Gasteiger partial charge in [-0.05, 0) is 44.0 Å². The zero-order valence-corrected chi connectivity index (χ0v) is 11.9. The quantitative estimate of drug-likeness (QED) is 0.682. The van der Waals surface area contributed by atoms with E-state index in [9.17, 15) is 4.79 Å². The van der Waals surface area contributed by atoms with Crippen LogP contribution in [-0.4, -0.2) is 23.8 Å². The van der Waals surface area contributed by atoms with Crippen LogP contribution in [0.1, 0.15) is 34.2 Å². The molecule has 0 fully saturated rings. The lowest BCUT2D eigenvalue weighted by atomic mass is 10.1. The topological polar surface area (TPSA) is 54.5 Å². The molecular weight excluding hydrogens is 252 g/mol. The number of H-pyrrole nitrogens is 1. The second kappa shape index (κ2) is 6.19. The molecule has 2 aromatic rings. The highest BCUT2D eigenvalue weighted by Crippen LogP contribution is 2.18. The highest BCUT2D eigenvalue weighted by atomic mass is 16.5. The Bertz CT molecular complexity index is 627.